The van der Waals surface area contributed by atoms with E-state index in [4.69, 9.17) is 10.5 Å². The summed E-state index contributed by atoms with van der Waals surface area (Å²) in [6, 6.07) is 7.60. The lowest BCUT2D eigenvalue weighted by atomic mass is 10.1. The van der Waals surface area contributed by atoms with Crippen molar-refractivity contribution in [3.63, 3.8) is 0 Å². The Kier molecular flexibility index (Phi) is 6.17. The second-order valence-corrected chi connectivity index (χ2v) is 5.38. The van der Waals surface area contributed by atoms with Crippen molar-refractivity contribution >= 4 is 5.91 Å². The Hall–Kier alpha value is -1.43. The molecule has 0 bridgehead atoms. The molecule has 1 heterocycles. The van der Waals surface area contributed by atoms with Gasteiger partial charge in [-0.1, -0.05) is 12.1 Å². The van der Waals surface area contributed by atoms with Crippen LogP contribution in [0.3, 0.4) is 0 Å². The molecule has 1 aromatic carbocycles. The standard InChI is InChI=1S/C16H25N3O2/c1-2-21-11-10-18-6-8-19(9-7-18)13-14-4-3-5-15(12-14)16(17)20/h3-5,12H,2,6-11,13H2,1H3,(H2,17,20). The van der Waals surface area contributed by atoms with E-state index >= 15 is 0 Å². The van der Waals surface area contributed by atoms with Crippen molar-refractivity contribution in [2.24, 2.45) is 5.73 Å². The topological polar surface area (TPSA) is 58.8 Å². The molecule has 21 heavy (non-hydrogen) atoms. The third-order valence-electron chi connectivity index (χ3n) is 3.84. The summed E-state index contributed by atoms with van der Waals surface area (Å²) in [5.41, 5.74) is 7.05. The van der Waals surface area contributed by atoms with Gasteiger partial charge in [-0.15, -0.1) is 0 Å². The fourth-order valence-corrected chi connectivity index (χ4v) is 2.59. The van der Waals surface area contributed by atoms with Crippen molar-refractivity contribution < 1.29 is 9.53 Å². The predicted molar refractivity (Wildman–Crippen MR) is 83.2 cm³/mol. The Morgan fingerprint density at radius 1 is 1.24 bits per heavy atom. The Labute approximate surface area is 126 Å². The molecule has 0 aromatic heterocycles. The highest BCUT2D eigenvalue weighted by atomic mass is 16.5. The number of hydrogen-bond acceptors (Lipinski definition) is 4. The minimum Gasteiger partial charge on any atom is -0.380 e. The average Bonchev–Trinajstić information content (AvgIpc) is 2.49. The van der Waals surface area contributed by atoms with E-state index in [2.05, 4.69) is 9.80 Å². The van der Waals surface area contributed by atoms with Gasteiger partial charge in [0.1, 0.15) is 0 Å². The van der Waals surface area contributed by atoms with Gasteiger partial charge in [0.05, 0.1) is 6.61 Å². The quantitative estimate of drug-likeness (QED) is 0.760. The molecule has 1 aliphatic heterocycles. The van der Waals surface area contributed by atoms with Gasteiger partial charge in [-0.25, -0.2) is 0 Å². The summed E-state index contributed by atoms with van der Waals surface area (Å²) in [7, 11) is 0. The van der Waals surface area contributed by atoms with Gasteiger partial charge in [0.25, 0.3) is 0 Å². The summed E-state index contributed by atoms with van der Waals surface area (Å²) in [5.74, 6) is -0.363. The van der Waals surface area contributed by atoms with E-state index in [1.807, 2.05) is 25.1 Å². The van der Waals surface area contributed by atoms with Gasteiger partial charge < -0.3 is 10.5 Å². The number of carbonyl (C=O) groups excluding carboxylic acids is 1. The molecule has 1 fully saturated rings. The number of primary amides is 1. The first-order valence-electron chi connectivity index (χ1n) is 7.60. The van der Waals surface area contributed by atoms with Crippen LogP contribution in [0.25, 0.3) is 0 Å². The van der Waals surface area contributed by atoms with Crippen LogP contribution in [0.4, 0.5) is 0 Å². The molecular formula is C16H25N3O2. The van der Waals surface area contributed by atoms with Crippen LogP contribution >= 0.6 is 0 Å². The van der Waals surface area contributed by atoms with E-state index in [0.29, 0.717) is 5.56 Å². The molecule has 1 amide bonds. The molecule has 1 aromatic rings. The monoisotopic (exact) mass is 291 g/mol. The first-order valence-corrected chi connectivity index (χ1v) is 7.60. The van der Waals surface area contributed by atoms with Gasteiger partial charge in [0, 0.05) is 51.4 Å². The highest BCUT2D eigenvalue weighted by Crippen LogP contribution is 2.10. The molecule has 1 aliphatic rings. The highest BCUT2D eigenvalue weighted by molar-refractivity contribution is 5.92. The van der Waals surface area contributed by atoms with Crippen LogP contribution in [-0.4, -0.2) is 61.6 Å². The molecule has 5 heteroatoms. The minimum atomic E-state index is -0.363. The number of piperazine rings is 1. The van der Waals surface area contributed by atoms with Gasteiger partial charge in [-0.05, 0) is 24.6 Å². The first kappa shape index (κ1) is 15.9. The zero-order chi connectivity index (χ0) is 15.1. The Balaban J connectivity index is 1.78. The maximum Gasteiger partial charge on any atom is 0.248 e. The molecule has 0 atom stereocenters. The maximum atomic E-state index is 11.2. The number of carbonyl (C=O) groups is 1. The highest BCUT2D eigenvalue weighted by Gasteiger charge is 2.16. The second kappa shape index (κ2) is 8.12. The minimum absolute atomic E-state index is 0.363. The number of nitrogens with zero attached hydrogens (tertiary/aromatic N) is 2. The normalized spacial score (nSPS) is 17.0. The molecule has 0 aliphatic carbocycles. The Bertz CT molecular complexity index is 457. The lowest BCUT2D eigenvalue weighted by Crippen LogP contribution is -2.46. The maximum absolute atomic E-state index is 11.2. The number of amides is 1. The summed E-state index contributed by atoms with van der Waals surface area (Å²) >= 11 is 0. The van der Waals surface area contributed by atoms with E-state index in [1.165, 1.54) is 0 Å². The molecule has 2 N–H and O–H groups in total. The SMILES string of the molecule is CCOCCN1CCN(Cc2cccc(C(N)=O)c2)CC1. The van der Waals surface area contributed by atoms with Crippen molar-refractivity contribution in [2.45, 2.75) is 13.5 Å². The predicted octanol–water partition coefficient (Wildman–Crippen LogP) is 0.940. The summed E-state index contributed by atoms with van der Waals surface area (Å²) in [6.07, 6.45) is 0. The summed E-state index contributed by atoms with van der Waals surface area (Å²) < 4.78 is 5.40. The molecule has 1 saturated heterocycles. The van der Waals surface area contributed by atoms with Crippen molar-refractivity contribution in [3.8, 4) is 0 Å². The van der Waals surface area contributed by atoms with Crippen molar-refractivity contribution in [1.82, 2.24) is 9.80 Å². The Morgan fingerprint density at radius 3 is 2.62 bits per heavy atom. The van der Waals surface area contributed by atoms with Crippen LogP contribution in [0.5, 0.6) is 0 Å². The fourth-order valence-electron chi connectivity index (χ4n) is 2.59. The average molecular weight is 291 g/mol. The van der Waals surface area contributed by atoms with E-state index in [-0.39, 0.29) is 5.91 Å². The molecule has 0 radical (unpaired) electrons. The van der Waals surface area contributed by atoms with Crippen LogP contribution in [0.2, 0.25) is 0 Å². The van der Waals surface area contributed by atoms with E-state index < -0.39 is 0 Å². The third-order valence-corrected chi connectivity index (χ3v) is 3.84. The molecule has 0 saturated carbocycles. The van der Waals surface area contributed by atoms with Crippen molar-refractivity contribution in [2.75, 3.05) is 45.9 Å². The summed E-state index contributed by atoms with van der Waals surface area (Å²) in [5, 5.41) is 0. The van der Waals surface area contributed by atoms with Gasteiger partial charge in [-0.2, -0.15) is 0 Å². The van der Waals surface area contributed by atoms with Gasteiger partial charge >= 0.3 is 0 Å². The van der Waals surface area contributed by atoms with E-state index in [1.54, 1.807) is 6.07 Å². The van der Waals surface area contributed by atoms with Crippen molar-refractivity contribution in [3.05, 3.63) is 35.4 Å². The van der Waals surface area contributed by atoms with Crippen molar-refractivity contribution in [1.29, 1.82) is 0 Å². The lowest BCUT2D eigenvalue weighted by molar-refractivity contribution is 0.0786. The molecule has 0 unspecified atom stereocenters. The largest absolute Gasteiger partial charge is 0.380 e. The molecule has 116 valence electrons. The lowest BCUT2D eigenvalue weighted by Gasteiger charge is -2.34. The zero-order valence-corrected chi connectivity index (χ0v) is 12.8. The van der Waals surface area contributed by atoms with Crippen LogP contribution in [-0.2, 0) is 11.3 Å². The first-order chi connectivity index (χ1) is 10.2. The number of hydrogen-bond donors (Lipinski definition) is 1. The molecule has 5 nitrogen and oxygen atoms in total. The zero-order valence-electron chi connectivity index (χ0n) is 12.8. The van der Waals surface area contributed by atoms with Gasteiger partial charge in [-0.3, -0.25) is 14.6 Å². The summed E-state index contributed by atoms with van der Waals surface area (Å²) in [4.78, 5) is 16.1. The molecular weight excluding hydrogens is 266 g/mol. The van der Waals surface area contributed by atoms with E-state index in [0.717, 1.165) is 58.0 Å². The number of rotatable bonds is 7. The van der Waals surface area contributed by atoms with Crippen LogP contribution in [0.15, 0.2) is 24.3 Å². The van der Waals surface area contributed by atoms with Gasteiger partial charge in [0.15, 0.2) is 0 Å². The Morgan fingerprint density at radius 2 is 1.95 bits per heavy atom. The molecule has 0 spiro atoms. The third kappa shape index (κ3) is 5.12. The smallest absolute Gasteiger partial charge is 0.248 e. The summed E-state index contributed by atoms with van der Waals surface area (Å²) in [6.45, 7) is 9.76. The fraction of sp³-hybridized carbons (Fsp3) is 0.562. The number of nitrogens with two attached hydrogens (primary N) is 1. The second-order valence-electron chi connectivity index (χ2n) is 5.38. The van der Waals surface area contributed by atoms with Crippen LogP contribution in [0, 0.1) is 0 Å². The molecule has 2 rings (SSSR count). The van der Waals surface area contributed by atoms with Gasteiger partial charge in [0.2, 0.25) is 5.91 Å². The van der Waals surface area contributed by atoms with E-state index in [9.17, 15) is 4.79 Å². The van der Waals surface area contributed by atoms with Crippen LogP contribution < -0.4 is 5.73 Å². The number of benzene rings is 1. The van der Waals surface area contributed by atoms with Crippen LogP contribution in [0.1, 0.15) is 22.8 Å². The number of ether oxygens (including phenoxy) is 1.